The van der Waals surface area contributed by atoms with Crippen LogP contribution in [0.15, 0.2) is 47.8 Å². The van der Waals surface area contributed by atoms with Crippen LogP contribution in [0.1, 0.15) is 38.2 Å². The number of thiazole rings is 1. The van der Waals surface area contributed by atoms with Crippen molar-refractivity contribution in [1.82, 2.24) is 4.98 Å². The molecule has 5 nitrogen and oxygen atoms in total. The van der Waals surface area contributed by atoms with Crippen LogP contribution in [0, 0.1) is 5.82 Å². The third-order valence-corrected chi connectivity index (χ3v) is 6.06. The summed E-state index contributed by atoms with van der Waals surface area (Å²) in [6.07, 6.45) is -1.40. The molecular weight excluding hydrogens is 482 g/mol. The van der Waals surface area contributed by atoms with Crippen LogP contribution in [-0.2, 0) is 15.7 Å². The van der Waals surface area contributed by atoms with Crippen LogP contribution in [0.4, 0.5) is 34.1 Å². The van der Waals surface area contributed by atoms with Crippen molar-refractivity contribution in [3.63, 3.8) is 0 Å². The number of benzene rings is 2. The number of rotatable bonds is 11. The molecule has 188 valence electrons. The van der Waals surface area contributed by atoms with E-state index in [1.165, 1.54) is 36.5 Å². The lowest BCUT2D eigenvalue weighted by molar-refractivity contribution is -0.141. The highest BCUT2D eigenvalue weighted by molar-refractivity contribution is 7.14. The first-order chi connectivity index (χ1) is 16.6. The number of nitrogens with zero attached hydrogens (tertiary/aromatic N) is 2. The quantitative estimate of drug-likeness (QED) is 0.167. The molecule has 3 rings (SSSR count). The van der Waals surface area contributed by atoms with Crippen molar-refractivity contribution in [2.75, 3.05) is 30.4 Å². The second kappa shape index (κ2) is 12.0. The number of unbranched alkanes of at least 4 members (excludes halogenated alkanes) is 3. The van der Waals surface area contributed by atoms with Crippen molar-refractivity contribution >= 4 is 33.8 Å². The normalized spacial score (nSPS) is 11.4. The zero-order chi connectivity index (χ0) is 25.4. The van der Waals surface area contributed by atoms with Gasteiger partial charge in [-0.25, -0.2) is 9.37 Å². The van der Waals surface area contributed by atoms with E-state index in [9.17, 15) is 22.4 Å². The van der Waals surface area contributed by atoms with Gasteiger partial charge in [0.15, 0.2) is 5.13 Å². The molecular formula is C25H27F4N3O2S. The standard InChI is InChI=1S/C25H27F4N3O2S/c1-17(33)34-14-6-4-3-5-13-32(2)23-12-11-20(15-21(23)25(27,28)29)30-24-31-22(16-35-24)18-7-9-19(26)10-8-18/h7-12,15-16H,3-6,13-14H2,1-2H3,(H,30,31). The van der Waals surface area contributed by atoms with E-state index in [2.05, 4.69) is 10.3 Å². The summed E-state index contributed by atoms with van der Waals surface area (Å²) in [4.78, 5) is 16.8. The molecule has 0 saturated heterocycles. The van der Waals surface area contributed by atoms with Crippen LogP contribution in [0.25, 0.3) is 11.3 Å². The number of halogens is 4. The van der Waals surface area contributed by atoms with Crippen molar-refractivity contribution < 1.29 is 27.1 Å². The Labute approximate surface area is 205 Å². The van der Waals surface area contributed by atoms with Gasteiger partial charge < -0.3 is 15.0 Å². The van der Waals surface area contributed by atoms with Gasteiger partial charge in [-0.2, -0.15) is 13.2 Å². The molecule has 1 aromatic heterocycles. The lowest BCUT2D eigenvalue weighted by Crippen LogP contribution is -2.22. The number of alkyl halides is 3. The fourth-order valence-corrected chi connectivity index (χ4v) is 4.26. The second-order valence-electron chi connectivity index (χ2n) is 8.08. The summed E-state index contributed by atoms with van der Waals surface area (Å²) in [5.74, 6) is -0.670. The molecule has 0 aliphatic rings. The molecule has 1 heterocycles. The molecule has 0 saturated carbocycles. The summed E-state index contributed by atoms with van der Waals surface area (Å²) in [5, 5.41) is 5.14. The molecule has 0 aliphatic carbocycles. The molecule has 1 N–H and O–H groups in total. The van der Waals surface area contributed by atoms with E-state index in [0.29, 0.717) is 24.0 Å². The highest BCUT2D eigenvalue weighted by Gasteiger charge is 2.34. The smallest absolute Gasteiger partial charge is 0.418 e. The van der Waals surface area contributed by atoms with Gasteiger partial charge in [0.2, 0.25) is 0 Å². The molecule has 0 aliphatic heterocycles. The van der Waals surface area contributed by atoms with Crippen molar-refractivity contribution in [3.05, 3.63) is 59.2 Å². The third-order valence-electron chi connectivity index (χ3n) is 5.30. The van der Waals surface area contributed by atoms with Crippen LogP contribution in [-0.4, -0.2) is 31.2 Å². The Kier molecular flexibility index (Phi) is 9.08. The summed E-state index contributed by atoms with van der Waals surface area (Å²) in [6.45, 7) is 2.19. The van der Waals surface area contributed by atoms with Gasteiger partial charge in [-0.05, 0) is 61.7 Å². The first-order valence-electron chi connectivity index (χ1n) is 11.2. The van der Waals surface area contributed by atoms with E-state index in [4.69, 9.17) is 4.74 Å². The number of carbonyl (C=O) groups excluding carboxylic acids is 1. The molecule has 2 aromatic carbocycles. The van der Waals surface area contributed by atoms with Crippen LogP contribution >= 0.6 is 11.3 Å². The fraction of sp³-hybridized carbons (Fsp3) is 0.360. The summed E-state index contributed by atoms with van der Waals surface area (Å²) >= 11 is 1.25. The maximum atomic E-state index is 13.8. The summed E-state index contributed by atoms with van der Waals surface area (Å²) < 4.78 is 59.5. The SMILES string of the molecule is CC(=O)OCCCCCCN(C)c1ccc(Nc2nc(-c3ccc(F)cc3)cs2)cc1C(F)(F)F. The Balaban J connectivity index is 1.63. The molecule has 0 amide bonds. The average molecular weight is 510 g/mol. The number of esters is 1. The number of ether oxygens (including phenoxy) is 1. The minimum Gasteiger partial charge on any atom is -0.466 e. The maximum absolute atomic E-state index is 13.8. The average Bonchev–Trinajstić information content (AvgIpc) is 3.26. The molecule has 10 heteroatoms. The van der Waals surface area contributed by atoms with Crippen LogP contribution in [0.5, 0.6) is 0 Å². The van der Waals surface area contributed by atoms with Gasteiger partial charge in [-0.1, -0.05) is 6.42 Å². The van der Waals surface area contributed by atoms with Crippen molar-refractivity contribution in [3.8, 4) is 11.3 Å². The number of nitrogens with one attached hydrogen (secondary N) is 1. The lowest BCUT2D eigenvalue weighted by Gasteiger charge is -2.24. The Bertz CT molecular complexity index is 1120. The largest absolute Gasteiger partial charge is 0.466 e. The topological polar surface area (TPSA) is 54.5 Å². The monoisotopic (exact) mass is 509 g/mol. The van der Waals surface area contributed by atoms with Gasteiger partial charge in [0.25, 0.3) is 0 Å². The minimum absolute atomic E-state index is 0.106. The van der Waals surface area contributed by atoms with E-state index >= 15 is 0 Å². The summed E-state index contributed by atoms with van der Waals surface area (Å²) in [6, 6.07) is 10.00. The first kappa shape index (κ1) is 26.5. The van der Waals surface area contributed by atoms with Gasteiger partial charge in [0.05, 0.1) is 17.9 Å². The zero-order valence-electron chi connectivity index (χ0n) is 19.5. The van der Waals surface area contributed by atoms with Crippen LogP contribution in [0.3, 0.4) is 0 Å². The van der Waals surface area contributed by atoms with Crippen molar-refractivity contribution in [2.45, 2.75) is 38.8 Å². The molecule has 35 heavy (non-hydrogen) atoms. The fourth-order valence-electron chi connectivity index (χ4n) is 3.52. The molecule has 3 aromatic rings. The Hall–Kier alpha value is -3.14. The molecule has 0 atom stereocenters. The number of hydrogen-bond donors (Lipinski definition) is 1. The lowest BCUT2D eigenvalue weighted by atomic mass is 10.1. The number of hydrogen-bond acceptors (Lipinski definition) is 6. The molecule has 0 fully saturated rings. The van der Waals surface area contributed by atoms with Gasteiger partial charge in [-0.15, -0.1) is 11.3 Å². The van der Waals surface area contributed by atoms with Gasteiger partial charge in [-0.3, -0.25) is 4.79 Å². The van der Waals surface area contributed by atoms with Crippen molar-refractivity contribution in [2.24, 2.45) is 0 Å². The Morgan fingerprint density at radius 2 is 1.80 bits per heavy atom. The van der Waals surface area contributed by atoms with E-state index in [1.807, 2.05) is 0 Å². The van der Waals surface area contributed by atoms with Gasteiger partial charge in [0, 0.05) is 42.8 Å². The van der Waals surface area contributed by atoms with E-state index in [0.717, 1.165) is 37.3 Å². The summed E-state index contributed by atoms with van der Waals surface area (Å²) in [5.41, 5.74) is 0.983. The van der Waals surface area contributed by atoms with Gasteiger partial charge >= 0.3 is 12.1 Å². The van der Waals surface area contributed by atoms with Crippen LogP contribution in [0.2, 0.25) is 0 Å². The van der Waals surface area contributed by atoms with Gasteiger partial charge in [0.1, 0.15) is 5.82 Å². The predicted octanol–water partition coefficient (Wildman–Crippen LogP) is 7.27. The highest BCUT2D eigenvalue weighted by Crippen LogP contribution is 2.39. The van der Waals surface area contributed by atoms with E-state index < -0.39 is 11.7 Å². The predicted molar refractivity (Wildman–Crippen MR) is 131 cm³/mol. The molecule has 0 radical (unpaired) electrons. The van der Waals surface area contributed by atoms with E-state index in [1.54, 1.807) is 35.5 Å². The minimum atomic E-state index is -4.52. The number of anilines is 3. The zero-order valence-corrected chi connectivity index (χ0v) is 20.3. The third kappa shape index (κ3) is 7.95. The van der Waals surface area contributed by atoms with Crippen LogP contribution < -0.4 is 10.2 Å². The Morgan fingerprint density at radius 3 is 2.49 bits per heavy atom. The summed E-state index contributed by atoms with van der Waals surface area (Å²) in [7, 11) is 1.65. The van der Waals surface area contributed by atoms with E-state index in [-0.39, 0.29) is 23.2 Å². The molecule has 0 unspecified atom stereocenters. The second-order valence-corrected chi connectivity index (χ2v) is 8.93. The number of aromatic nitrogens is 1. The molecule has 0 bridgehead atoms. The Morgan fingerprint density at radius 1 is 1.09 bits per heavy atom. The first-order valence-corrected chi connectivity index (χ1v) is 12.1. The number of carbonyl (C=O) groups is 1. The highest BCUT2D eigenvalue weighted by atomic mass is 32.1. The maximum Gasteiger partial charge on any atom is 0.418 e. The van der Waals surface area contributed by atoms with Crippen molar-refractivity contribution in [1.29, 1.82) is 0 Å². The molecule has 0 spiro atoms.